The lowest BCUT2D eigenvalue weighted by molar-refractivity contribution is -0.161. The lowest BCUT2D eigenvalue weighted by Gasteiger charge is -2.44. The number of aromatic amines is 1. The molecule has 0 bridgehead atoms. The fraction of sp³-hybridized carbons (Fsp3) is 0.273. The number of aromatic hydroxyl groups is 1. The van der Waals surface area contributed by atoms with Gasteiger partial charge in [0.1, 0.15) is 17.4 Å². The Balaban J connectivity index is 1.52. The summed E-state index contributed by atoms with van der Waals surface area (Å²) >= 11 is 0.900. The number of amides is 3. The van der Waals surface area contributed by atoms with Gasteiger partial charge in [0.25, 0.3) is 17.7 Å². The number of hydrogen-bond acceptors (Lipinski definition) is 15. The van der Waals surface area contributed by atoms with Crippen LogP contribution < -0.4 is 21.8 Å². The molecule has 1 saturated heterocycles. The molecule has 3 amide bonds. The predicted molar refractivity (Wildman–Crippen MR) is 147 cm³/mol. The molecule has 4 rings (SSSR count). The molecule has 4 heterocycles. The van der Waals surface area contributed by atoms with Crippen LogP contribution in [0.5, 0.6) is 5.75 Å². The van der Waals surface area contributed by atoms with Crippen LogP contribution in [0.15, 0.2) is 38.2 Å². The number of aliphatic carboxylic acids is 1. The zero-order chi connectivity index (χ0) is 32.6. The lowest BCUT2D eigenvalue weighted by atomic mass is 9.98. The number of H-pyrrole nitrogens is 1. The average Bonchev–Trinajstić information content (AvgIpc) is 3.60. The molecule has 0 saturated carbocycles. The number of nitrogens with zero attached hydrogens (tertiary/aromatic N) is 4. The van der Waals surface area contributed by atoms with E-state index in [0.717, 1.165) is 43.5 Å². The second kappa shape index (κ2) is 11.7. The number of thiazole rings is 1. The summed E-state index contributed by atoms with van der Waals surface area (Å²) < 4.78 is 38.2. The van der Waals surface area contributed by atoms with Crippen molar-refractivity contribution in [2.75, 3.05) is 12.3 Å². The van der Waals surface area contributed by atoms with Crippen molar-refractivity contribution >= 4 is 56.2 Å². The number of anilines is 1. The van der Waals surface area contributed by atoms with Crippen LogP contribution in [0.25, 0.3) is 11.4 Å². The molecule has 1 aliphatic rings. The van der Waals surface area contributed by atoms with Gasteiger partial charge in [-0.2, -0.15) is 8.42 Å². The number of nitrogens with one attached hydrogen (secondary N) is 3. The van der Waals surface area contributed by atoms with Crippen LogP contribution in [0.4, 0.5) is 5.13 Å². The standard InChI is InChI=1S/C22H22N8O12S2/c1-22(2,20(36)37)42-29-15(10-7-43-21(23)26-10)18(34)27-16-11(30(19(16)35)44(38,39)40)5-25-17(33)14-4-9(28-41-14)8-3-12(31)13(32)6-24-8/h3-4,6-7,11,16,32H,5H2,1-2H3,(H2,23,26)(H,24,31)(H,25,33)(H,27,34)(H,36,37)(H,38,39,40)/t11-,16-/m0/s1. The molecule has 8 N–H and O–H groups in total. The van der Waals surface area contributed by atoms with Crippen LogP contribution in [0, 0.1) is 0 Å². The van der Waals surface area contributed by atoms with Crippen molar-refractivity contribution in [3.05, 3.63) is 45.4 Å². The van der Waals surface area contributed by atoms with E-state index in [0.29, 0.717) is 0 Å². The number of nitrogen functional groups attached to an aromatic ring is 1. The summed E-state index contributed by atoms with van der Waals surface area (Å²) in [6.45, 7) is 1.63. The van der Waals surface area contributed by atoms with Crippen LogP contribution in [-0.4, -0.2) is 96.2 Å². The Bertz CT molecular complexity index is 1840. The van der Waals surface area contributed by atoms with Gasteiger partial charge in [-0.1, -0.05) is 10.3 Å². The van der Waals surface area contributed by atoms with E-state index >= 15 is 0 Å². The number of carbonyl (C=O) groups is 4. The van der Waals surface area contributed by atoms with Crippen molar-refractivity contribution in [1.82, 2.24) is 30.1 Å². The molecule has 1 fully saturated rings. The lowest BCUT2D eigenvalue weighted by Crippen LogP contribution is -2.74. The Kier molecular flexibility index (Phi) is 8.42. The van der Waals surface area contributed by atoms with Crippen molar-refractivity contribution in [3.63, 3.8) is 0 Å². The van der Waals surface area contributed by atoms with E-state index in [9.17, 15) is 47.2 Å². The van der Waals surface area contributed by atoms with Crippen molar-refractivity contribution in [3.8, 4) is 17.1 Å². The molecule has 2 atom stereocenters. The van der Waals surface area contributed by atoms with Crippen LogP contribution in [0.2, 0.25) is 0 Å². The van der Waals surface area contributed by atoms with Gasteiger partial charge in [0.15, 0.2) is 16.6 Å². The highest BCUT2D eigenvalue weighted by Gasteiger charge is 2.54. The molecule has 0 aliphatic carbocycles. The second-order valence-electron chi connectivity index (χ2n) is 9.43. The number of carboxylic acids is 1. The van der Waals surface area contributed by atoms with Crippen LogP contribution in [0.3, 0.4) is 0 Å². The molecule has 234 valence electrons. The Morgan fingerprint density at radius 1 is 1.30 bits per heavy atom. The van der Waals surface area contributed by atoms with E-state index in [2.05, 4.69) is 30.9 Å². The summed E-state index contributed by atoms with van der Waals surface area (Å²) in [7, 11) is -5.15. The maximum absolute atomic E-state index is 13.2. The zero-order valence-electron chi connectivity index (χ0n) is 22.4. The summed E-state index contributed by atoms with van der Waals surface area (Å²) in [5, 5.41) is 31.6. The molecule has 1 aliphatic heterocycles. The number of pyridine rings is 1. The quantitative estimate of drug-likeness (QED) is 0.0524. The van der Waals surface area contributed by atoms with E-state index in [-0.39, 0.29) is 26.5 Å². The Morgan fingerprint density at radius 2 is 2.00 bits per heavy atom. The van der Waals surface area contributed by atoms with Gasteiger partial charge in [-0.25, -0.2) is 14.1 Å². The van der Waals surface area contributed by atoms with Crippen molar-refractivity contribution in [2.24, 2.45) is 5.16 Å². The molecule has 0 spiro atoms. The zero-order valence-corrected chi connectivity index (χ0v) is 24.0. The molecule has 22 heteroatoms. The molecular weight excluding hydrogens is 632 g/mol. The molecule has 3 aromatic rings. The summed E-state index contributed by atoms with van der Waals surface area (Å²) in [6.07, 6.45) is 0.997. The van der Waals surface area contributed by atoms with E-state index in [1.807, 2.05) is 0 Å². The largest absolute Gasteiger partial charge is 0.503 e. The molecular formula is C22H22N8O12S2. The number of hydrogen-bond donors (Lipinski definition) is 7. The maximum atomic E-state index is 13.2. The highest BCUT2D eigenvalue weighted by Crippen LogP contribution is 2.24. The molecule has 0 unspecified atom stereocenters. The molecule has 44 heavy (non-hydrogen) atoms. The second-order valence-corrected chi connectivity index (χ2v) is 11.6. The van der Waals surface area contributed by atoms with Crippen LogP contribution in [0.1, 0.15) is 30.1 Å². The van der Waals surface area contributed by atoms with Gasteiger partial charge in [-0.3, -0.25) is 23.7 Å². The van der Waals surface area contributed by atoms with Gasteiger partial charge in [0.05, 0.1) is 11.7 Å². The van der Waals surface area contributed by atoms with Crippen molar-refractivity contribution < 1.29 is 51.7 Å². The summed E-state index contributed by atoms with van der Waals surface area (Å²) in [6, 6.07) is -1.09. The number of oxime groups is 1. The number of aromatic nitrogens is 3. The Hall–Kier alpha value is -5.35. The minimum Gasteiger partial charge on any atom is -0.503 e. The highest BCUT2D eigenvalue weighted by atomic mass is 32.2. The predicted octanol–water partition coefficient (Wildman–Crippen LogP) is -1.71. The van der Waals surface area contributed by atoms with Gasteiger partial charge in [-0.05, 0) is 13.8 Å². The minimum absolute atomic E-state index is 0.00133. The number of β-lactam (4-membered cyclic amide) rings is 1. The van der Waals surface area contributed by atoms with Gasteiger partial charge in [0.2, 0.25) is 16.8 Å². The van der Waals surface area contributed by atoms with Crippen LogP contribution in [-0.2, 0) is 29.5 Å². The third-order valence-electron chi connectivity index (χ3n) is 5.94. The Labute approximate surface area is 249 Å². The summed E-state index contributed by atoms with van der Waals surface area (Å²) in [4.78, 5) is 73.0. The third-order valence-corrected chi connectivity index (χ3v) is 7.56. The van der Waals surface area contributed by atoms with E-state index in [1.165, 1.54) is 5.38 Å². The Morgan fingerprint density at radius 3 is 2.59 bits per heavy atom. The normalized spacial score (nSPS) is 17.1. The molecule has 0 aromatic carbocycles. The number of rotatable bonds is 11. The first kappa shape index (κ1) is 31.6. The monoisotopic (exact) mass is 654 g/mol. The first-order chi connectivity index (χ1) is 20.5. The fourth-order valence-electron chi connectivity index (χ4n) is 3.58. The molecule has 3 aromatic heterocycles. The first-order valence-corrected chi connectivity index (χ1v) is 14.3. The summed E-state index contributed by atoms with van der Waals surface area (Å²) in [5.41, 5.74) is 2.30. The molecule has 0 radical (unpaired) electrons. The maximum Gasteiger partial charge on any atom is 0.362 e. The highest BCUT2D eigenvalue weighted by molar-refractivity contribution is 7.84. The first-order valence-electron chi connectivity index (χ1n) is 12.0. The van der Waals surface area contributed by atoms with Crippen molar-refractivity contribution in [2.45, 2.75) is 31.5 Å². The third kappa shape index (κ3) is 6.50. The number of nitrogens with two attached hydrogens (primary N) is 1. The SMILES string of the molecule is CC(C)(ON=C(C(=O)N[C@@H]1C(=O)N(S(=O)(=O)O)[C@H]1CNC(=O)c1cc(-c2cc(=O)c(O)c[nH]2)no1)c1csc(N)n1)C(=O)O. The average molecular weight is 655 g/mol. The molecule has 20 nitrogen and oxygen atoms in total. The van der Waals surface area contributed by atoms with Gasteiger partial charge >= 0.3 is 16.3 Å². The fourth-order valence-corrected chi connectivity index (χ4v) is 5.00. The van der Waals surface area contributed by atoms with Gasteiger partial charge in [-0.15, -0.1) is 11.3 Å². The van der Waals surface area contributed by atoms with E-state index in [4.69, 9.17) is 15.1 Å². The number of carbonyl (C=O) groups excluding carboxylic acids is 3. The number of carboxylic acid groups (broad SMARTS) is 1. The van der Waals surface area contributed by atoms with Crippen LogP contribution >= 0.6 is 11.3 Å². The minimum atomic E-state index is -5.15. The topological polar surface area (TPSA) is 310 Å². The van der Waals surface area contributed by atoms with Gasteiger partial charge < -0.3 is 40.9 Å². The van der Waals surface area contributed by atoms with E-state index in [1.54, 1.807) is 0 Å². The van der Waals surface area contributed by atoms with Gasteiger partial charge in [0, 0.05) is 30.3 Å². The smallest absolute Gasteiger partial charge is 0.362 e. The summed E-state index contributed by atoms with van der Waals surface area (Å²) in [5.74, 6) is -5.80. The van der Waals surface area contributed by atoms with Crippen molar-refractivity contribution in [1.29, 1.82) is 0 Å². The van der Waals surface area contributed by atoms with E-state index < -0.39 is 80.9 Å².